The van der Waals surface area contributed by atoms with Gasteiger partial charge in [-0.2, -0.15) is 0 Å². The first kappa shape index (κ1) is 18.0. The second kappa shape index (κ2) is 7.47. The third-order valence-electron chi connectivity index (χ3n) is 4.35. The molecule has 0 aliphatic rings. The van der Waals surface area contributed by atoms with E-state index in [-0.39, 0.29) is 11.9 Å². The van der Waals surface area contributed by atoms with Gasteiger partial charge in [0, 0.05) is 24.1 Å². The van der Waals surface area contributed by atoms with Crippen LogP contribution in [0.2, 0.25) is 0 Å². The van der Waals surface area contributed by atoms with E-state index >= 15 is 0 Å². The summed E-state index contributed by atoms with van der Waals surface area (Å²) in [6.45, 7) is 14.4. The summed E-state index contributed by atoms with van der Waals surface area (Å²) in [5, 5.41) is 0. The van der Waals surface area contributed by atoms with Crippen LogP contribution < -0.4 is 4.90 Å². The van der Waals surface area contributed by atoms with E-state index in [1.165, 1.54) is 11.1 Å². The molecule has 1 unspecified atom stereocenters. The van der Waals surface area contributed by atoms with Crippen molar-refractivity contribution in [3.63, 3.8) is 0 Å². The molecule has 0 saturated heterocycles. The van der Waals surface area contributed by atoms with Gasteiger partial charge >= 0.3 is 0 Å². The Kier molecular flexibility index (Phi) is 5.60. The average molecular weight is 325 g/mol. The minimum Gasteiger partial charge on any atom is -0.326 e. The lowest BCUT2D eigenvalue weighted by Gasteiger charge is -2.30. The fourth-order valence-corrected chi connectivity index (χ4v) is 2.91. The van der Waals surface area contributed by atoms with Crippen molar-refractivity contribution in [1.82, 2.24) is 9.55 Å². The van der Waals surface area contributed by atoms with Crippen LogP contribution in [0, 0.1) is 20.8 Å². The molecule has 0 aliphatic carbocycles. The molecular weight excluding hydrogens is 298 g/mol. The van der Waals surface area contributed by atoms with Gasteiger partial charge in [0.05, 0.1) is 0 Å². The highest BCUT2D eigenvalue weighted by Crippen LogP contribution is 2.24. The number of anilines is 1. The second-order valence-electron chi connectivity index (χ2n) is 6.64. The summed E-state index contributed by atoms with van der Waals surface area (Å²) in [6.07, 6.45) is 4.34. The number of rotatable bonds is 6. The summed E-state index contributed by atoms with van der Waals surface area (Å²) in [4.78, 5) is 19.1. The minimum absolute atomic E-state index is 0.0564. The maximum Gasteiger partial charge on any atom is 0.247 e. The van der Waals surface area contributed by atoms with E-state index < -0.39 is 0 Å². The van der Waals surface area contributed by atoms with Crippen LogP contribution in [-0.2, 0) is 11.3 Å². The van der Waals surface area contributed by atoms with Crippen LogP contribution in [0.3, 0.4) is 0 Å². The molecule has 0 saturated carbocycles. The first-order chi connectivity index (χ1) is 11.3. The Labute approximate surface area is 144 Å². The summed E-state index contributed by atoms with van der Waals surface area (Å²) in [6, 6.07) is 6.24. The van der Waals surface area contributed by atoms with Gasteiger partial charge in [-0.1, -0.05) is 11.6 Å². The summed E-state index contributed by atoms with van der Waals surface area (Å²) in [5.74, 6) is 0.907. The van der Waals surface area contributed by atoms with Gasteiger partial charge in [0.1, 0.15) is 12.4 Å². The number of carbonyl (C=O) groups is 1. The Hall–Kier alpha value is -2.36. The Bertz CT molecular complexity index is 745. The van der Waals surface area contributed by atoms with Gasteiger partial charge in [0.2, 0.25) is 5.91 Å². The highest BCUT2D eigenvalue weighted by Gasteiger charge is 2.23. The van der Waals surface area contributed by atoms with Gasteiger partial charge < -0.3 is 9.47 Å². The third kappa shape index (κ3) is 4.13. The molecule has 0 fully saturated rings. The number of carbonyl (C=O) groups excluding carboxylic acids is 1. The van der Waals surface area contributed by atoms with Crippen LogP contribution in [0.5, 0.6) is 0 Å². The molecule has 1 heterocycles. The number of benzene rings is 1. The fourth-order valence-electron chi connectivity index (χ4n) is 2.91. The zero-order chi connectivity index (χ0) is 17.9. The molecule has 1 aromatic heterocycles. The molecule has 4 heteroatoms. The van der Waals surface area contributed by atoms with E-state index in [0.717, 1.165) is 23.5 Å². The van der Waals surface area contributed by atoms with Crippen molar-refractivity contribution in [3.8, 4) is 0 Å². The molecular formula is C20H27N3O. The Morgan fingerprint density at radius 3 is 2.54 bits per heavy atom. The lowest BCUT2D eigenvalue weighted by atomic mass is 10.0. The van der Waals surface area contributed by atoms with E-state index in [1.54, 1.807) is 6.20 Å². The van der Waals surface area contributed by atoms with Gasteiger partial charge in [0.15, 0.2) is 0 Å². The summed E-state index contributed by atoms with van der Waals surface area (Å²) in [7, 11) is 0. The Morgan fingerprint density at radius 1 is 1.29 bits per heavy atom. The van der Waals surface area contributed by atoms with Gasteiger partial charge in [-0.25, -0.2) is 4.98 Å². The van der Waals surface area contributed by atoms with E-state index in [1.807, 2.05) is 35.6 Å². The highest BCUT2D eigenvalue weighted by atomic mass is 16.2. The molecule has 0 bridgehead atoms. The van der Waals surface area contributed by atoms with Gasteiger partial charge in [-0.15, -0.1) is 6.58 Å². The van der Waals surface area contributed by atoms with Crippen LogP contribution >= 0.6 is 0 Å². The molecule has 1 aromatic carbocycles. The molecule has 1 atom stereocenters. The van der Waals surface area contributed by atoms with Crippen molar-refractivity contribution in [2.45, 2.75) is 53.6 Å². The van der Waals surface area contributed by atoms with E-state index in [4.69, 9.17) is 0 Å². The number of hydrogen-bond donors (Lipinski definition) is 0. The zero-order valence-electron chi connectivity index (χ0n) is 15.3. The van der Waals surface area contributed by atoms with Gasteiger partial charge in [-0.05, 0) is 64.3 Å². The number of hydrogen-bond acceptors (Lipinski definition) is 2. The van der Waals surface area contributed by atoms with Crippen molar-refractivity contribution in [2.24, 2.45) is 0 Å². The molecule has 4 nitrogen and oxygen atoms in total. The predicted octanol–water partition coefficient (Wildman–Crippen LogP) is 4.20. The maximum atomic E-state index is 13.0. The quantitative estimate of drug-likeness (QED) is 0.747. The molecule has 24 heavy (non-hydrogen) atoms. The topological polar surface area (TPSA) is 38.1 Å². The standard InChI is InChI=1S/C20H27N3O/c1-14(2)11-17(5)23(19-8-7-15(3)16(4)12-19)20(24)13-22-10-9-21-18(22)6/h7-10,12,17H,1,11,13H2,2-6H3. The van der Waals surface area contributed by atoms with Crippen molar-refractivity contribution in [1.29, 1.82) is 0 Å². The molecule has 0 aliphatic heterocycles. The molecule has 128 valence electrons. The molecule has 0 spiro atoms. The SMILES string of the molecule is C=C(C)CC(C)N(C(=O)Cn1ccnc1C)c1ccc(C)c(C)c1. The summed E-state index contributed by atoms with van der Waals surface area (Å²) in [5.41, 5.74) is 4.42. The van der Waals surface area contributed by atoms with Crippen LogP contribution in [0.4, 0.5) is 5.69 Å². The lowest BCUT2D eigenvalue weighted by molar-refractivity contribution is -0.119. The van der Waals surface area contributed by atoms with Crippen molar-refractivity contribution >= 4 is 11.6 Å². The lowest BCUT2D eigenvalue weighted by Crippen LogP contribution is -2.41. The van der Waals surface area contributed by atoms with Crippen molar-refractivity contribution in [2.75, 3.05) is 4.90 Å². The van der Waals surface area contributed by atoms with E-state index in [0.29, 0.717) is 6.54 Å². The summed E-state index contributed by atoms with van der Waals surface area (Å²) >= 11 is 0. The minimum atomic E-state index is 0.0564. The summed E-state index contributed by atoms with van der Waals surface area (Å²) < 4.78 is 1.88. The number of aromatic nitrogens is 2. The van der Waals surface area contributed by atoms with E-state index in [2.05, 4.69) is 44.5 Å². The van der Waals surface area contributed by atoms with Crippen LogP contribution in [0.25, 0.3) is 0 Å². The van der Waals surface area contributed by atoms with Crippen molar-refractivity contribution < 1.29 is 4.79 Å². The number of imidazole rings is 1. The largest absolute Gasteiger partial charge is 0.326 e. The van der Waals surface area contributed by atoms with Gasteiger partial charge in [0.25, 0.3) is 0 Å². The molecule has 0 N–H and O–H groups in total. The molecule has 2 rings (SSSR count). The normalized spacial score (nSPS) is 12.0. The van der Waals surface area contributed by atoms with Crippen LogP contribution in [0.1, 0.15) is 37.2 Å². The van der Waals surface area contributed by atoms with Crippen LogP contribution in [-0.4, -0.2) is 21.5 Å². The highest BCUT2D eigenvalue weighted by molar-refractivity contribution is 5.94. The number of aryl methyl sites for hydroxylation is 3. The first-order valence-electron chi connectivity index (χ1n) is 8.31. The number of nitrogens with zero attached hydrogens (tertiary/aromatic N) is 3. The average Bonchev–Trinajstić information content (AvgIpc) is 2.87. The smallest absolute Gasteiger partial charge is 0.247 e. The Morgan fingerprint density at radius 2 is 2.00 bits per heavy atom. The first-order valence-corrected chi connectivity index (χ1v) is 8.31. The molecule has 1 amide bonds. The maximum absolute atomic E-state index is 13.0. The number of amides is 1. The molecule has 0 radical (unpaired) electrons. The molecule has 2 aromatic rings. The van der Waals surface area contributed by atoms with E-state index in [9.17, 15) is 4.79 Å². The van der Waals surface area contributed by atoms with Crippen molar-refractivity contribution in [3.05, 3.63) is 59.7 Å². The van der Waals surface area contributed by atoms with Crippen LogP contribution in [0.15, 0.2) is 42.7 Å². The fraction of sp³-hybridized carbons (Fsp3) is 0.400. The predicted molar refractivity (Wildman–Crippen MR) is 99.3 cm³/mol. The second-order valence-corrected chi connectivity index (χ2v) is 6.64. The third-order valence-corrected chi connectivity index (χ3v) is 4.35. The van der Waals surface area contributed by atoms with Gasteiger partial charge in [-0.3, -0.25) is 4.79 Å². The monoisotopic (exact) mass is 325 g/mol. The zero-order valence-corrected chi connectivity index (χ0v) is 15.3. The Balaban J connectivity index is 2.34.